The summed E-state index contributed by atoms with van der Waals surface area (Å²) in [6, 6.07) is 56.8. The predicted molar refractivity (Wildman–Crippen MR) is 222 cm³/mol. The van der Waals surface area contributed by atoms with Crippen molar-refractivity contribution in [1.82, 2.24) is 24.9 Å². The highest BCUT2D eigenvalue weighted by molar-refractivity contribution is 6.25. The molecule has 55 heavy (non-hydrogen) atoms. The van der Waals surface area contributed by atoms with E-state index in [1.54, 1.807) is 12.4 Å². The topological polar surface area (TPSA) is 77.6 Å². The van der Waals surface area contributed by atoms with Crippen LogP contribution in [0.3, 0.4) is 0 Å². The Bertz CT molecular complexity index is 3190. The molecule has 256 valence electrons. The van der Waals surface area contributed by atoms with Gasteiger partial charge in [0, 0.05) is 28.7 Å². The number of aromatic nitrogens is 5. The van der Waals surface area contributed by atoms with Gasteiger partial charge in [0.05, 0.1) is 0 Å². The summed E-state index contributed by atoms with van der Waals surface area (Å²) in [7, 11) is 0. The lowest BCUT2D eigenvalue weighted by molar-refractivity contribution is 0.669. The minimum Gasteiger partial charge on any atom is -0.456 e. The molecule has 7 aromatic carbocycles. The summed E-state index contributed by atoms with van der Waals surface area (Å²) in [6.45, 7) is 0. The standard InChI is InChI=1S/C49H29N5O/c1-2-13-33-32(12-1)38(30-22-24-31(25-23-30)47-52-48(42-18-7-9-26-50-42)54-49(53-47)43-19-8-10-27-51-43)28-40-35-15-4-3-14-34(35)39(29-41(33)40)36-17-11-21-45-46(36)37-16-5-6-20-44(37)55-45/h1-29H. The third kappa shape index (κ3) is 5.15. The second-order valence-electron chi connectivity index (χ2n) is 13.6. The van der Waals surface area contributed by atoms with E-state index >= 15 is 0 Å². The second-order valence-corrected chi connectivity index (χ2v) is 13.6. The summed E-state index contributed by atoms with van der Waals surface area (Å²) < 4.78 is 6.32. The summed E-state index contributed by atoms with van der Waals surface area (Å²) in [5.41, 5.74) is 8.64. The van der Waals surface area contributed by atoms with E-state index in [2.05, 4.69) is 125 Å². The molecule has 0 N–H and O–H groups in total. The van der Waals surface area contributed by atoms with Crippen molar-refractivity contribution >= 4 is 54.3 Å². The number of rotatable bonds is 5. The fourth-order valence-corrected chi connectivity index (χ4v) is 7.93. The number of benzene rings is 7. The van der Waals surface area contributed by atoms with Crippen LogP contribution in [0.2, 0.25) is 0 Å². The van der Waals surface area contributed by atoms with Crippen LogP contribution in [0.15, 0.2) is 181 Å². The molecule has 0 saturated heterocycles. The Morgan fingerprint density at radius 1 is 0.327 bits per heavy atom. The molecule has 6 nitrogen and oxygen atoms in total. The minimum atomic E-state index is 0.499. The van der Waals surface area contributed by atoms with Gasteiger partial charge in [-0.15, -0.1) is 0 Å². The molecule has 11 aromatic rings. The highest BCUT2D eigenvalue weighted by atomic mass is 16.3. The zero-order chi connectivity index (χ0) is 36.3. The molecule has 0 spiro atoms. The first-order valence-corrected chi connectivity index (χ1v) is 18.2. The quantitative estimate of drug-likeness (QED) is 0.166. The van der Waals surface area contributed by atoms with E-state index in [0.29, 0.717) is 28.9 Å². The molecule has 0 atom stereocenters. The molecular weight excluding hydrogens is 675 g/mol. The molecule has 0 aliphatic carbocycles. The average Bonchev–Trinajstić information content (AvgIpc) is 3.65. The van der Waals surface area contributed by atoms with Crippen LogP contribution >= 0.6 is 0 Å². The SMILES string of the molecule is c1ccc(-c2nc(-c3ccc(-c4cc5c6ccccc6c(-c6cccc7oc8ccccc8c67)cc5c5ccccc45)cc3)nc(-c3ccccn3)n2)nc1. The van der Waals surface area contributed by atoms with Gasteiger partial charge in [0.15, 0.2) is 17.5 Å². The first kappa shape index (κ1) is 31.0. The molecule has 0 fully saturated rings. The third-order valence-electron chi connectivity index (χ3n) is 10.5. The maximum Gasteiger partial charge on any atom is 0.182 e. The number of nitrogens with zero attached hydrogens (tertiary/aromatic N) is 5. The van der Waals surface area contributed by atoms with Gasteiger partial charge in [0.1, 0.15) is 22.6 Å². The van der Waals surface area contributed by atoms with Gasteiger partial charge in [-0.25, -0.2) is 15.0 Å². The first-order valence-electron chi connectivity index (χ1n) is 18.2. The van der Waals surface area contributed by atoms with Crippen LogP contribution in [0, 0.1) is 0 Å². The molecule has 0 amide bonds. The summed E-state index contributed by atoms with van der Waals surface area (Å²) in [6.07, 6.45) is 3.49. The van der Waals surface area contributed by atoms with Gasteiger partial charge >= 0.3 is 0 Å². The molecule has 0 unspecified atom stereocenters. The predicted octanol–water partition coefficient (Wildman–Crippen LogP) is 12.4. The normalized spacial score (nSPS) is 11.6. The molecule has 0 radical (unpaired) electrons. The average molecular weight is 704 g/mol. The summed E-state index contributed by atoms with van der Waals surface area (Å²) in [5.74, 6) is 1.56. The van der Waals surface area contributed by atoms with Crippen molar-refractivity contribution < 1.29 is 4.42 Å². The molecule has 4 heterocycles. The second kappa shape index (κ2) is 12.5. The molecule has 6 heteroatoms. The van der Waals surface area contributed by atoms with Gasteiger partial charge < -0.3 is 4.42 Å². The molecule has 11 rings (SSSR count). The van der Waals surface area contributed by atoms with Gasteiger partial charge in [-0.05, 0) is 103 Å². The zero-order valence-electron chi connectivity index (χ0n) is 29.4. The maximum absolute atomic E-state index is 6.32. The van der Waals surface area contributed by atoms with E-state index in [0.717, 1.165) is 38.6 Å². The molecule has 0 saturated carbocycles. The number of para-hydroxylation sites is 1. The lowest BCUT2D eigenvalue weighted by Crippen LogP contribution is -2.01. The van der Waals surface area contributed by atoms with Crippen LogP contribution < -0.4 is 0 Å². The summed E-state index contributed by atoms with van der Waals surface area (Å²) in [5, 5.41) is 9.48. The number of fused-ring (bicyclic) bond motifs is 8. The lowest BCUT2D eigenvalue weighted by Gasteiger charge is -2.16. The van der Waals surface area contributed by atoms with E-state index in [9.17, 15) is 0 Å². The van der Waals surface area contributed by atoms with E-state index in [1.165, 1.54) is 43.4 Å². The molecular formula is C49H29N5O. The van der Waals surface area contributed by atoms with Crippen molar-refractivity contribution in [3.8, 4) is 56.7 Å². The van der Waals surface area contributed by atoms with Gasteiger partial charge in [-0.3, -0.25) is 9.97 Å². The smallest absolute Gasteiger partial charge is 0.182 e. The molecule has 4 aromatic heterocycles. The van der Waals surface area contributed by atoms with Crippen molar-refractivity contribution in [2.45, 2.75) is 0 Å². The van der Waals surface area contributed by atoms with Gasteiger partial charge in [-0.1, -0.05) is 115 Å². The van der Waals surface area contributed by atoms with E-state index < -0.39 is 0 Å². The van der Waals surface area contributed by atoms with E-state index in [4.69, 9.17) is 19.4 Å². The van der Waals surface area contributed by atoms with Crippen LogP contribution in [-0.4, -0.2) is 24.9 Å². The van der Waals surface area contributed by atoms with Gasteiger partial charge in [0.25, 0.3) is 0 Å². The van der Waals surface area contributed by atoms with Crippen LogP contribution in [0.4, 0.5) is 0 Å². The fourth-order valence-electron chi connectivity index (χ4n) is 7.93. The molecule has 0 aliphatic rings. The maximum atomic E-state index is 6.32. The zero-order valence-corrected chi connectivity index (χ0v) is 29.4. The van der Waals surface area contributed by atoms with Crippen LogP contribution in [0.5, 0.6) is 0 Å². The van der Waals surface area contributed by atoms with E-state index in [1.807, 2.05) is 48.5 Å². The van der Waals surface area contributed by atoms with Crippen LogP contribution in [-0.2, 0) is 0 Å². The number of hydrogen-bond donors (Lipinski definition) is 0. The van der Waals surface area contributed by atoms with Crippen molar-refractivity contribution in [3.63, 3.8) is 0 Å². The number of furan rings is 1. The van der Waals surface area contributed by atoms with Crippen LogP contribution in [0.1, 0.15) is 0 Å². The largest absolute Gasteiger partial charge is 0.456 e. The molecule has 0 bridgehead atoms. The fraction of sp³-hybridized carbons (Fsp3) is 0. The number of hydrogen-bond acceptors (Lipinski definition) is 6. The van der Waals surface area contributed by atoms with Crippen LogP contribution in [0.25, 0.3) is 111 Å². The Kier molecular flexibility index (Phi) is 7.07. The van der Waals surface area contributed by atoms with Crippen molar-refractivity contribution in [2.24, 2.45) is 0 Å². The monoisotopic (exact) mass is 703 g/mol. The Balaban J connectivity index is 1.09. The molecule has 0 aliphatic heterocycles. The van der Waals surface area contributed by atoms with Crippen molar-refractivity contribution in [1.29, 1.82) is 0 Å². The highest BCUT2D eigenvalue weighted by Crippen LogP contribution is 2.44. The van der Waals surface area contributed by atoms with Gasteiger partial charge in [-0.2, -0.15) is 0 Å². The van der Waals surface area contributed by atoms with Crippen molar-refractivity contribution in [2.75, 3.05) is 0 Å². The third-order valence-corrected chi connectivity index (χ3v) is 10.5. The minimum absolute atomic E-state index is 0.499. The number of pyridine rings is 2. The Labute approximate surface area is 315 Å². The van der Waals surface area contributed by atoms with Crippen molar-refractivity contribution in [3.05, 3.63) is 176 Å². The Morgan fingerprint density at radius 2 is 0.836 bits per heavy atom. The lowest BCUT2D eigenvalue weighted by atomic mass is 9.87. The summed E-state index contributed by atoms with van der Waals surface area (Å²) in [4.78, 5) is 23.5. The first-order chi connectivity index (χ1) is 27.3. The Morgan fingerprint density at radius 3 is 1.47 bits per heavy atom. The van der Waals surface area contributed by atoms with Gasteiger partial charge in [0.2, 0.25) is 0 Å². The highest BCUT2D eigenvalue weighted by Gasteiger charge is 2.19. The summed E-state index contributed by atoms with van der Waals surface area (Å²) >= 11 is 0. The van der Waals surface area contributed by atoms with E-state index in [-0.39, 0.29) is 0 Å². The Hall–Kier alpha value is -7.57.